The average Bonchev–Trinajstić information content (AvgIpc) is 3.17. The summed E-state index contributed by atoms with van der Waals surface area (Å²) in [6, 6.07) is 4.81. The molecule has 29 heavy (non-hydrogen) atoms. The molecule has 0 saturated carbocycles. The van der Waals surface area contributed by atoms with Gasteiger partial charge in [0.25, 0.3) is 0 Å². The normalized spacial score (nSPS) is 22.1. The number of halogens is 3. The van der Waals surface area contributed by atoms with Crippen molar-refractivity contribution in [2.75, 3.05) is 45.9 Å². The Morgan fingerprint density at radius 1 is 1.03 bits per heavy atom. The summed E-state index contributed by atoms with van der Waals surface area (Å²) in [5.41, 5.74) is -0.179. The summed E-state index contributed by atoms with van der Waals surface area (Å²) in [6.45, 7) is 7.23. The Bertz CT molecular complexity index is 788. The molecule has 0 bridgehead atoms. The zero-order chi connectivity index (χ0) is 20.3. The number of likely N-dealkylation sites (tertiary alicyclic amines) is 1. The van der Waals surface area contributed by atoms with E-state index >= 15 is 0 Å². The first-order chi connectivity index (χ1) is 14.0. The Hall–Kier alpha value is -1.97. The van der Waals surface area contributed by atoms with Crippen molar-refractivity contribution in [1.29, 1.82) is 0 Å². The van der Waals surface area contributed by atoms with Gasteiger partial charge in [0.2, 0.25) is 11.7 Å². The molecule has 1 aromatic carbocycles. The van der Waals surface area contributed by atoms with Crippen LogP contribution in [-0.2, 0) is 17.5 Å². The lowest BCUT2D eigenvalue weighted by molar-refractivity contribution is -0.137. The van der Waals surface area contributed by atoms with Gasteiger partial charge in [-0.2, -0.15) is 18.2 Å². The van der Waals surface area contributed by atoms with Crippen molar-refractivity contribution in [3.8, 4) is 11.4 Å². The topological polar surface area (TPSA) is 54.6 Å². The zero-order valence-electron chi connectivity index (χ0n) is 16.2. The highest BCUT2D eigenvalue weighted by atomic mass is 19.4. The van der Waals surface area contributed by atoms with Gasteiger partial charge in [-0.1, -0.05) is 17.3 Å². The molecule has 2 aliphatic rings. The predicted molar refractivity (Wildman–Crippen MR) is 100.0 cm³/mol. The van der Waals surface area contributed by atoms with Crippen LogP contribution < -0.4 is 0 Å². The number of nitrogens with zero attached hydrogens (tertiary/aromatic N) is 4. The maximum Gasteiger partial charge on any atom is 0.416 e. The molecule has 2 saturated heterocycles. The number of piperidine rings is 1. The van der Waals surface area contributed by atoms with Crippen LogP contribution in [0, 0.1) is 5.92 Å². The summed E-state index contributed by atoms with van der Waals surface area (Å²) >= 11 is 0. The fourth-order valence-corrected chi connectivity index (χ4v) is 4.03. The van der Waals surface area contributed by atoms with Crippen molar-refractivity contribution in [2.45, 2.75) is 25.6 Å². The monoisotopic (exact) mass is 410 g/mol. The molecule has 2 fully saturated rings. The Labute approximate surface area is 167 Å². The number of ether oxygens (including phenoxy) is 1. The molecule has 9 heteroatoms. The van der Waals surface area contributed by atoms with E-state index in [0.29, 0.717) is 29.7 Å². The number of rotatable bonds is 5. The van der Waals surface area contributed by atoms with E-state index in [1.165, 1.54) is 18.6 Å². The van der Waals surface area contributed by atoms with E-state index in [1.54, 1.807) is 0 Å². The SMILES string of the molecule is FC(F)(F)c1ccc(-c2noc(CN3CCC[C@H](CN4CCOCC4)C3)n2)cc1. The molecule has 3 heterocycles. The first-order valence-electron chi connectivity index (χ1n) is 10.00. The fourth-order valence-electron chi connectivity index (χ4n) is 4.03. The second-order valence-electron chi connectivity index (χ2n) is 7.74. The third kappa shape index (κ3) is 5.34. The Morgan fingerprint density at radius 3 is 2.52 bits per heavy atom. The molecule has 1 aromatic heterocycles. The van der Waals surface area contributed by atoms with Gasteiger partial charge in [-0.25, -0.2) is 0 Å². The van der Waals surface area contributed by atoms with E-state index in [1.807, 2.05) is 0 Å². The minimum atomic E-state index is -4.35. The zero-order valence-corrected chi connectivity index (χ0v) is 16.2. The molecule has 158 valence electrons. The molecule has 0 N–H and O–H groups in total. The third-order valence-corrected chi connectivity index (χ3v) is 5.52. The molecule has 0 unspecified atom stereocenters. The van der Waals surface area contributed by atoms with Crippen LogP contribution >= 0.6 is 0 Å². The van der Waals surface area contributed by atoms with Crippen LogP contribution in [0.15, 0.2) is 28.8 Å². The van der Waals surface area contributed by atoms with Crippen LogP contribution in [0.2, 0.25) is 0 Å². The summed E-state index contributed by atoms with van der Waals surface area (Å²) in [5.74, 6) is 1.42. The fraction of sp³-hybridized carbons (Fsp3) is 0.600. The number of hydrogen-bond donors (Lipinski definition) is 0. The smallest absolute Gasteiger partial charge is 0.379 e. The number of aromatic nitrogens is 2. The highest BCUT2D eigenvalue weighted by molar-refractivity contribution is 5.54. The van der Waals surface area contributed by atoms with Gasteiger partial charge in [0.1, 0.15) is 0 Å². The van der Waals surface area contributed by atoms with Gasteiger partial charge >= 0.3 is 6.18 Å². The number of benzene rings is 1. The average molecular weight is 410 g/mol. The van der Waals surface area contributed by atoms with Crippen molar-refractivity contribution in [3.05, 3.63) is 35.7 Å². The number of alkyl halides is 3. The van der Waals surface area contributed by atoms with Gasteiger partial charge < -0.3 is 9.26 Å². The summed E-state index contributed by atoms with van der Waals surface area (Å²) in [4.78, 5) is 9.16. The first kappa shape index (κ1) is 20.3. The molecule has 0 amide bonds. The van der Waals surface area contributed by atoms with Gasteiger partial charge in [-0.3, -0.25) is 9.80 Å². The van der Waals surface area contributed by atoms with E-state index in [9.17, 15) is 13.2 Å². The van der Waals surface area contributed by atoms with Gasteiger partial charge in [0.05, 0.1) is 25.3 Å². The van der Waals surface area contributed by atoms with E-state index in [-0.39, 0.29) is 0 Å². The summed E-state index contributed by atoms with van der Waals surface area (Å²) in [7, 11) is 0. The van der Waals surface area contributed by atoms with Crippen LogP contribution in [0.4, 0.5) is 13.2 Å². The molecule has 2 aliphatic heterocycles. The lowest BCUT2D eigenvalue weighted by Gasteiger charge is -2.36. The molecule has 0 aliphatic carbocycles. The maximum absolute atomic E-state index is 12.7. The highest BCUT2D eigenvalue weighted by Gasteiger charge is 2.30. The Balaban J connectivity index is 1.33. The first-order valence-corrected chi connectivity index (χ1v) is 10.00. The van der Waals surface area contributed by atoms with Crippen molar-refractivity contribution in [2.24, 2.45) is 5.92 Å². The molecular weight excluding hydrogens is 385 g/mol. The quantitative estimate of drug-likeness (QED) is 0.754. The summed E-state index contributed by atoms with van der Waals surface area (Å²) in [5, 5.41) is 3.94. The third-order valence-electron chi connectivity index (χ3n) is 5.52. The Morgan fingerprint density at radius 2 is 1.79 bits per heavy atom. The summed E-state index contributed by atoms with van der Waals surface area (Å²) in [6.07, 6.45) is -2.00. The number of morpholine rings is 1. The molecule has 0 radical (unpaired) electrons. The van der Waals surface area contributed by atoms with Crippen LogP contribution in [-0.4, -0.2) is 65.9 Å². The van der Waals surface area contributed by atoms with Crippen LogP contribution in [0.1, 0.15) is 24.3 Å². The predicted octanol–water partition coefficient (Wildman–Crippen LogP) is 3.30. The van der Waals surface area contributed by atoms with E-state index in [4.69, 9.17) is 9.26 Å². The van der Waals surface area contributed by atoms with E-state index in [0.717, 1.165) is 64.5 Å². The van der Waals surface area contributed by atoms with Gasteiger partial charge in [-0.15, -0.1) is 0 Å². The summed E-state index contributed by atoms with van der Waals surface area (Å²) < 4.78 is 48.9. The Kier molecular flexibility index (Phi) is 6.17. The van der Waals surface area contributed by atoms with Crippen molar-refractivity contribution in [3.63, 3.8) is 0 Å². The van der Waals surface area contributed by atoms with Crippen molar-refractivity contribution in [1.82, 2.24) is 19.9 Å². The van der Waals surface area contributed by atoms with Crippen LogP contribution in [0.25, 0.3) is 11.4 Å². The largest absolute Gasteiger partial charge is 0.416 e. The molecule has 6 nitrogen and oxygen atoms in total. The minimum Gasteiger partial charge on any atom is -0.379 e. The molecule has 4 rings (SSSR count). The molecular formula is C20H25F3N4O2. The van der Waals surface area contributed by atoms with E-state index in [2.05, 4.69) is 19.9 Å². The van der Waals surface area contributed by atoms with Gasteiger partial charge in [0, 0.05) is 31.7 Å². The van der Waals surface area contributed by atoms with Gasteiger partial charge in [-0.05, 0) is 37.4 Å². The van der Waals surface area contributed by atoms with E-state index < -0.39 is 11.7 Å². The standard InChI is InChI=1S/C20H25F3N4O2/c21-20(22,23)17-5-3-16(4-6-17)19-24-18(29-25-19)14-27-7-1-2-15(13-27)12-26-8-10-28-11-9-26/h3-6,15H,1-2,7-14H2/t15-/m1/s1. The lowest BCUT2D eigenvalue weighted by atomic mass is 9.97. The number of hydrogen-bond acceptors (Lipinski definition) is 6. The maximum atomic E-state index is 12.7. The minimum absolute atomic E-state index is 0.315. The molecule has 0 spiro atoms. The van der Waals surface area contributed by atoms with Crippen LogP contribution in [0.3, 0.4) is 0 Å². The van der Waals surface area contributed by atoms with Gasteiger partial charge in [0.15, 0.2) is 0 Å². The van der Waals surface area contributed by atoms with Crippen molar-refractivity contribution >= 4 is 0 Å². The molecule has 2 aromatic rings. The highest BCUT2D eigenvalue weighted by Crippen LogP contribution is 2.30. The van der Waals surface area contributed by atoms with Crippen molar-refractivity contribution < 1.29 is 22.4 Å². The second kappa shape index (κ2) is 8.81. The lowest BCUT2D eigenvalue weighted by Crippen LogP contribution is -2.44. The van der Waals surface area contributed by atoms with Crippen LogP contribution in [0.5, 0.6) is 0 Å². The molecule has 1 atom stereocenters. The second-order valence-corrected chi connectivity index (χ2v) is 7.74.